The van der Waals surface area contributed by atoms with E-state index in [2.05, 4.69) is 4.98 Å². The predicted molar refractivity (Wildman–Crippen MR) is 73.5 cm³/mol. The average molecular weight is 294 g/mol. The number of rotatable bonds is 3. The molecule has 0 atom stereocenters. The minimum Gasteiger partial charge on any atom is -0.476 e. The Morgan fingerprint density at radius 2 is 1.90 bits per heavy atom. The van der Waals surface area contributed by atoms with Gasteiger partial charge in [-0.1, -0.05) is 24.3 Å². The van der Waals surface area contributed by atoms with Gasteiger partial charge in [-0.15, -0.1) is 0 Å². The maximum Gasteiger partial charge on any atom is 0.356 e. The molecule has 106 valence electrons. The summed E-state index contributed by atoms with van der Waals surface area (Å²) in [6, 6.07) is 7.16. The van der Waals surface area contributed by atoms with E-state index < -0.39 is 15.8 Å². The van der Waals surface area contributed by atoms with Crippen molar-refractivity contribution in [1.82, 2.24) is 9.55 Å². The molecule has 0 radical (unpaired) electrons. The van der Waals surface area contributed by atoms with E-state index in [1.807, 2.05) is 19.1 Å². The van der Waals surface area contributed by atoms with Crippen molar-refractivity contribution < 1.29 is 18.3 Å². The number of aromatic carboxylic acids is 1. The summed E-state index contributed by atoms with van der Waals surface area (Å²) >= 11 is 0. The minimum atomic E-state index is -3.60. The molecule has 0 unspecified atom stereocenters. The zero-order valence-corrected chi connectivity index (χ0v) is 12.1. The van der Waals surface area contributed by atoms with E-state index in [1.54, 1.807) is 12.1 Å². The quantitative estimate of drug-likeness (QED) is 0.926. The summed E-state index contributed by atoms with van der Waals surface area (Å²) in [6.45, 7) is 1.83. The van der Waals surface area contributed by atoms with E-state index in [9.17, 15) is 18.3 Å². The number of aryl methyl sites for hydroxylation is 1. The largest absolute Gasteiger partial charge is 0.476 e. The highest BCUT2D eigenvalue weighted by molar-refractivity contribution is 7.90. The van der Waals surface area contributed by atoms with Crippen molar-refractivity contribution in [2.45, 2.75) is 12.1 Å². The molecule has 2 aromatic rings. The Kier molecular flexibility index (Phi) is 3.39. The average Bonchev–Trinajstić information content (AvgIpc) is 2.67. The van der Waals surface area contributed by atoms with E-state index in [-0.39, 0.29) is 16.5 Å². The van der Waals surface area contributed by atoms with Gasteiger partial charge >= 0.3 is 5.97 Å². The molecule has 6 nitrogen and oxygen atoms in total. The highest BCUT2D eigenvalue weighted by Crippen LogP contribution is 2.28. The van der Waals surface area contributed by atoms with Crippen LogP contribution >= 0.6 is 0 Å². The van der Waals surface area contributed by atoms with Crippen LogP contribution in [0.3, 0.4) is 0 Å². The molecular weight excluding hydrogens is 280 g/mol. The van der Waals surface area contributed by atoms with Crippen LogP contribution in [-0.4, -0.2) is 35.3 Å². The molecule has 0 saturated carbocycles. The monoisotopic (exact) mass is 294 g/mol. The van der Waals surface area contributed by atoms with Gasteiger partial charge in [0, 0.05) is 18.9 Å². The summed E-state index contributed by atoms with van der Waals surface area (Å²) in [5.41, 5.74) is 1.52. The Hall–Kier alpha value is -2.15. The van der Waals surface area contributed by atoms with Gasteiger partial charge < -0.3 is 9.67 Å². The fourth-order valence-electron chi connectivity index (χ4n) is 2.11. The number of nitrogens with zero attached hydrogens (tertiary/aromatic N) is 2. The highest BCUT2D eigenvalue weighted by atomic mass is 32.2. The summed E-state index contributed by atoms with van der Waals surface area (Å²) < 4.78 is 24.7. The normalized spacial score (nSPS) is 11.6. The molecular formula is C13H14N2O4S. The Morgan fingerprint density at radius 3 is 2.40 bits per heavy atom. The van der Waals surface area contributed by atoms with Crippen LogP contribution in [0.15, 0.2) is 29.4 Å². The number of sulfone groups is 1. The molecule has 20 heavy (non-hydrogen) atoms. The van der Waals surface area contributed by atoms with Crippen LogP contribution in [0, 0.1) is 6.92 Å². The van der Waals surface area contributed by atoms with Crippen LogP contribution in [0.25, 0.3) is 11.3 Å². The van der Waals surface area contributed by atoms with Gasteiger partial charge in [-0.3, -0.25) is 0 Å². The first-order valence-corrected chi connectivity index (χ1v) is 7.68. The van der Waals surface area contributed by atoms with Gasteiger partial charge in [0.25, 0.3) is 0 Å². The maximum atomic E-state index is 11.7. The molecule has 0 aliphatic carbocycles. The lowest BCUT2D eigenvalue weighted by Crippen LogP contribution is -2.06. The molecule has 2 rings (SSSR count). The number of hydrogen-bond acceptors (Lipinski definition) is 4. The van der Waals surface area contributed by atoms with Crippen LogP contribution in [0.2, 0.25) is 0 Å². The van der Waals surface area contributed by atoms with E-state index in [0.29, 0.717) is 5.56 Å². The number of hydrogen-bond donors (Lipinski definition) is 1. The van der Waals surface area contributed by atoms with Gasteiger partial charge in [0.2, 0.25) is 15.0 Å². The Labute approximate surface area is 116 Å². The van der Waals surface area contributed by atoms with Crippen molar-refractivity contribution in [2.24, 2.45) is 7.05 Å². The third-order valence-electron chi connectivity index (χ3n) is 2.99. The van der Waals surface area contributed by atoms with Crippen molar-refractivity contribution >= 4 is 15.8 Å². The maximum absolute atomic E-state index is 11.7. The molecule has 1 aromatic heterocycles. The van der Waals surface area contributed by atoms with Gasteiger partial charge in [-0.25, -0.2) is 18.2 Å². The van der Waals surface area contributed by atoms with Gasteiger partial charge in [0.1, 0.15) is 0 Å². The molecule has 1 N–H and O–H groups in total. The molecule has 0 fully saturated rings. The lowest BCUT2D eigenvalue weighted by Gasteiger charge is -2.08. The Bertz CT molecular complexity index is 791. The zero-order valence-electron chi connectivity index (χ0n) is 11.3. The van der Waals surface area contributed by atoms with Crippen molar-refractivity contribution in [3.8, 4) is 11.3 Å². The molecule has 0 saturated heterocycles. The fraction of sp³-hybridized carbons (Fsp3) is 0.231. The first-order valence-electron chi connectivity index (χ1n) is 5.79. The number of aromatic nitrogens is 2. The van der Waals surface area contributed by atoms with Crippen molar-refractivity contribution in [1.29, 1.82) is 0 Å². The van der Waals surface area contributed by atoms with Gasteiger partial charge in [-0.2, -0.15) is 0 Å². The number of carboxylic acids is 1. The van der Waals surface area contributed by atoms with Crippen LogP contribution in [0.1, 0.15) is 16.1 Å². The van der Waals surface area contributed by atoms with Crippen molar-refractivity contribution in [3.63, 3.8) is 0 Å². The molecule has 0 spiro atoms. The van der Waals surface area contributed by atoms with Gasteiger partial charge in [0.15, 0.2) is 5.69 Å². The first kappa shape index (κ1) is 14.3. The molecule has 0 bridgehead atoms. The SMILES string of the molecule is Cc1ccccc1-c1c(C(=O)O)nc(S(C)(=O)=O)n1C. The van der Waals surface area contributed by atoms with E-state index in [0.717, 1.165) is 11.8 Å². The lowest BCUT2D eigenvalue weighted by molar-refractivity contribution is 0.0691. The molecule has 0 amide bonds. The Morgan fingerprint density at radius 1 is 1.30 bits per heavy atom. The van der Waals surface area contributed by atoms with E-state index in [4.69, 9.17) is 0 Å². The van der Waals surface area contributed by atoms with Crippen molar-refractivity contribution in [3.05, 3.63) is 35.5 Å². The lowest BCUT2D eigenvalue weighted by atomic mass is 10.0. The topological polar surface area (TPSA) is 89.3 Å². The predicted octanol–water partition coefficient (Wildman–Crippen LogP) is 1.50. The molecule has 1 aromatic carbocycles. The third kappa shape index (κ3) is 2.32. The van der Waals surface area contributed by atoms with Gasteiger partial charge in [-0.05, 0) is 12.5 Å². The molecule has 1 heterocycles. The number of benzene rings is 1. The van der Waals surface area contributed by atoms with E-state index >= 15 is 0 Å². The summed E-state index contributed by atoms with van der Waals surface area (Å²) in [7, 11) is -2.10. The van der Waals surface area contributed by atoms with Crippen LogP contribution < -0.4 is 0 Å². The van der Waals surface area contributed by atoms with Crippen LogP contribution in [-0.2, 0) is 16.9 Å². The summed E-state index contributed by atoms with van der Waals surface area (Å²) in [4.78, 5) is 15.1. The first-order chi connectivity index (χ1) is 9.23. The fourth-order valence-corrected chi connectivity index (χ4v) is 2.95. The van der Waals surface area contributed by atoms with Crippen LogP contribution in [0.5, 0.6) is 0 Å². The smallest absolute Gasteiger partial charge is 0.356 e. The van der Waals surface area contributed by atoms with Crippen LogP contribution in [0.4, 0.5) is 0 Å². The number of imidazole rings is 1. The zero-order chi connectivity index (χ0) is 15.1. The van der Waals surface area contributed by atoms with Crippen molar-refractivity contribution in [2.75, 3.05) is 6.26 Å². The summed E-state index contributed by atoms with van der Waals surface area (Å²) in [5.74, 6) is -1.26. The third-order valence-corrected chi connectivity index (χ3v) is 4.02. The number of carboxylic acid groups (broad SMARTS) is 1. The highest BCUT2D eigenvalue weighted by Gasteiger charge is 2.26. The molecule has 0 aliphatic rings. The second-order valence-electron chi connectivity index (χ2n) is 4.54. The standard InChI is InChI=1S/C13H14N2O4S/c1-8-6-4-5-7-9(8)11-10(12(16)17)14-13(15(11)2)20(3,18)19/h4-7H,1-3H3,(H,16,17). The van der Waals surface area contributed by atoms with E-state index in [1.165, 1.54) is 11.6 Å². The summed E-state index contributed by atoms with van der Waals surface area (Å²) in [5, 5.41) is 8.99. The second-order valence-corrected chi connectivity index (χ2v) is 6.45. The number of carbonyl (C=O) groups is 1. The minimum absolute atomic E-state index is 0.256. The second kappa shape index (κ2) is 4.75. The Balaban J connectivity index is 2.86. The molecule has 0 aliphatic heterocycles. The summed E-state index contributed by atoms with van der Waals surface area (Å²) in [6.07, 6.45) is 1.00. The van der Waals surface area contributed by atoms with Gasteiger partial charge in [0.05, 0.1) is 5.69 Å². The molecule has 7 heteroatoms.